The van der Waals surface area contributed by atoms with E-state index in [1.165, 1.54) is 0 Å². The van der Waals surface area contributed by atoms with Gasteiger partial charge < -0.3 is 19.9 Å². The molecule has 4 rings (SSSR count). The third kappa shape index (κ3) is 5.45. The molecule has 2 amide bonds. The number of hydrogen-bond donors (Lipinski definition) is 1. The number of aryl methyl sites for hydroxylation is 1. The van der Waals surface area contributed by atoms with E-state index in [1.54, 1.807) is 37.4 Å². The maximum atomic E-state index is 13.0. The second kappa shape index (κ2) is 10.3. The summed E-state index contributed by atoms with van der Waals surface area (Å²) in [5, 5.41) is 4.13. The minimum Gasteiger partial charge on any atom is -0.496 e. The standard InChI is InChI=1S/C25H29Cl2N3O3/c1-16-4-5-17(10-22(16)27)24(31)28-8-3-9-29-12-18-14-30(15-19(18)13-29)25(32)21-7-6-20(26)11-23(21)33-2/h4-7,10-11,18-19H,3,8-9,12-15H2,1-2H3,(H,28,31). The summed E-state index contributed by atoms with van der Waals surface area (Å²) in [6, 6.07) is 10.5. The van der Waals surface area contributed by atoms with Crippen LogP contribution < -0.4 is 10.1 Å². The Labute approximate surface area is 204 Å². The Morgan fingerprint density at radius 1 is 1.06 bits per heavy atom. The molecule has 2 fully saturated rings. The lowest BCUT2D eigenvalue weighted by molar-refractivity contribution is 0.0770. The molecule has 33 heavy (non-hydrogen) atoms. The number of ether oxygens (including phenoxy) is 1. The number of rotatable bonds is 7. The third-order valence-corrected chi connectivity index (χ3v) is 7.26. The lowest BCUT2D eigenvalue weighted by atomic mass is 10.0. The van der Waals surface area contributed by atoms with Crippen LogP contribution in [0.25, 0.3) is 0 Å². The molecule has 8 heteroatoms. The summed E-state index contributed by atoms with van der Waals surface area (Å²) in [5.41, 5.74) is 2.10. The summed E-state index contributed by atoms with van der Waals surface area (Å²) in [7, 11) is 1.55. The van der Waals surface area contributed by atoms with Crippen molar-refractivity contribution in [3.8, 4) is 5.75 Å². The van der Waals surface area contributed by atoms with E-state index in [4.69, 9.17) is 27.9 Å². The number of benzene rings is 2. The fourth-order valence-corrected chi connectivity index (χ4v) is 5.13. The molecular formula is C25H29Cl2N3O3. The van der Waals surface area contributed by atoms with Crippen molar-refractivity contribution in [2.75, 3.05) is 46.4 Å². The molecule has 0 spiro atoms. The zero-order valence-electron chi connectivity index (χ0n) is 18.9. The highest BCUT2D eigenvalue weighted by Gasteiger charge is 2.41. The number of carbonyl (C=O) groups is 2. The van der Waals surface area contributed by atoms with E-state index < -0.39 is 0 Å². The topological polar surface area (TPSA) is 61.9 Å². The predicted octanol–water partition coefficient (Wildman–Crippen LogP) is 4.13. The molecule has 0 radical (unpaired) electrons. The lowest BCUT2D eigenvalue weighted by Gasteiger charge is -2.22. The normalized spacial score (nSPS) is 20.1. The first-order chi connectivity index (χ1) is 15.9. The molecule has 176 valence electrons. The molecule has 2 saturated heterocycles. The summed E-state index contributed by atoms with van der Waals surface area (Å²) in [5.74, 6) is 1.39. The van der Waals surface area contributed by atoms with Gasteiger partial charge in [-0.15, -0.1) is 0 Å². The fraction of sp³-hybridized carbons (Fsp3) is 0.440. The molecule has 0 saturated carbocycles. The number of methoxy groups -OCH3 is 1. The van der Waals surface area contributed by atoms with Gasteiger partial charge in [-0.05, 0) is 67.6 Å². The van der Waals surface area contributed by atoms with Gasteiger partial charge in [0.05, 0.1) is 12.7 Å². The van der Waals surface area contributed by atoms with Gasteiger partial charge in [0, 0.05) is 48.3 Å². The molecule has 2 aliphatic heterocycles. The van der Waals surface area contributed by atoms with Crippen LogP contribution in [0.3, 0.4) is 0 Å². The summed E-state index contributed by atoms with van der Waals surface area (Å²) >= 11 is 12.1. The molecule has 6 nitrogen and oxygen atoms in total. The molecule has 0 aromatic heterocycles. The first-order valence-electron chi connectivity index (χ1n) is 11.2. The van der Waals surface area contributed by atoms with Crippen LogP contribution in [0.5, 0.6) is 5.75 Å². The molecule has 1 N–H and O–H groups in total. The highest BCUT2D eigenvalue weighted by molar-refractivity contribution is 6.31. The van der Waals surface area contributed by atoms with E-state index in [0.29, 0.717) is 45.3 Å². The van der Waals surface area contributed by atoms with Gasteiger partial charge in [-0.25, -0.2) is 0 Å². The van der Waals surface area contributed by atoms with Gasteiger partial charge >= 0.3 is 0 Å². The Bertz CT molecular complexity index is 1030. The third-order valence-electron chi connectivity index (χ3n) is 6.61. The molecule has 2 aliphatic rings. The van der Waals surface area contributed by atoms with Gasteiger partial charge in [-0.3, -0.25) is 9.59 Å². The van der Waals surface area contributed by atoms with Crippen LogP contribution in [0.2, 0.25) is 10.0 Å². The van der Waals surface area contributed by atoms with Gasteiger partial charge in [0.2, 0.25) is 0 Å². The fourth-order valence-electron chi connectivity index (χ4n) is 4.79. The Morgan fingerprint density at radius 2 is 1.79 bits per heavy atom. The molecule has 2 atom stereocenters. The van der Waals surface area contributed by atoms with Crippen molar-refractivity contribution >= 4 is 35.0 Å². The van der Waals surface area contributed by atoms with Crippen molar-refractivity contribution in [3.05, 3.63) is 63.1 Å². The number of hydrogen-bond acceptors (Lipinski definition) is 4. The van der Waals surface area contributed by atoms with E-state index in [0.717, 1.165) is 44.7 Å². The second-order valence-corrected chi connectivity index (χ2v) is 9.75. The number of amides is 2. The number of carbonyl (C=O) groups excluding carboxylic acids is 2. The first-order valence-corrected chi connectivity index (χ1v) is 12.0. The molecule has 0 aliphatic carbocycles. The minimum atomic E-state index is -0.0954. The summed E-state index contributed by atoms with van der Waals surface area (Å²) < 4.78 is 5.35. The van der Waals surface area contributed by atoms with Gasteiger partial charge in [-0.2, -0.15) is 0 Å². The van der Waals surface area contributed by atoms with E-state index in [2.05, 4.69) is 10.2 Å². The van der Waals surface area contributed by atoms with Crippen LogP contribution in [-0.4, -0.2) is 68.0 Å². The van der Waals surface area contributed by atoms with E-state index in [9.17, 15) is 9.59 Å². The smallest absolute Gasteiger partial charge is 0.257 e. The molecule has 0 bridgehead atoms. The summed E-state index contributed by atoms with van der Waals surface area (Å²) in [4.78, 5) is 29.7. The SMILES string of the molecule is COc1cc(Cl)ccc1C(=O)N1CC2CN(CCCNC(=O)c3ccc(C)c(Cl)c3)CC2C1. The zero-order valence-corrected chi connectivity index (χ0v) is 20.5. The summed E-state index contributed by atoms with van der Waals surface area (Å²) in [6.07, 6.45) is 0.884. The van der Waals surface area contributed by atoms with Crippen LogP contribution in [0, 0.1) is 18.8 Å². The first kappa shape index (κ1) is 23.9. The maximum Gasteiger partial charge on any atom is 0.257 e. The molecule has 2 aromatic carbocycles. The Balaban J connectivity index is 1.21. The Hall–Kier alpha value is -2.28. The Kier molecular flexibility index (Phi) is 7.47. The number of halogens is 2. The lowest BCUT2D eigenvalue weighted by Crippen LogP contribution is -2.34. The average Bonchev–Trinajstić information content (AvgIpc) is 3.36. The van der Waals surface area contributed by atoms with Crippen LogP contribution >= 0.6 is 23.2 Å². The predicted molar refractivity (Wildman–Crippen MR) is 130 cm³/mol. The summed E-state index contributed by atoms with van der Waals surface area (Å²) in [6.45, 7) is 6.95. The molecule has 2 aromatic rings. The minimum absolute atomic E-state index is 0.00314. The van der Waals surface area contributed by atoms with Gasteiger partial charge in [0.15, 0.2) is 0 Å². The van der Waals surface area contributed by atoms with Gasteiger partial charge in [0.25, 0.3) is 11.8 Å². The van der Waals surface area contributed by atoms with Crippen LogP contribution in [0.1, 0.15) is 32.7 Å². The zero-order chi connectivity index (χ0) is 23.5. The second-order valence-electron chi connectivity index (χ2n) is 8.91. The highest BCUT2D eigenvalue weighted by atomic mass is 35.5. The number of nitrogens with one attached hydrogen (secondary N) is 1. The highest BCUT2D eigenvalue weighted by Crippen LogP contribution is 2.33. The quantitative estimate of drug-likeness (QED) is 0.593. The molecule has 2 unspecified atom stereocenters. The monoisotopic (exact) mass is 489 g/mol. The van der Waals surface area contributed by atoms with E-state index >= 15 is 0 Å². The van der Waals surface area contributed by atoms with Gasteiger partial charge in [-0.1, -0.05) is 29.3 Å². The van der Waals surface area contributed by atoms with Crippen molar-refractivity contribution in [2.24, 2.45) is 11.8 Å². The largest absolute Gasteiger partial charge is 0.496 e. The van der Waals surface area contributed by atoms with Crippen molar-refractivity contribution in [1.29, 1.82) is 0 Å². The van der Waals surface area contributed by atoms with Crippen LogP contribution in [-0.2, 0) is 0 Å². The average molecular weight is 490 g/mol. The van der Waals surface area contributed by atoms with Crippen molar-refractivity contribution in [3.63, 3.8) is 0 Å². The van der Waals surface area contributed by atoms with Gasteiger partial charge in [0.1, 0.15) is 5.75 Å². The van der Waals surface area contributed by atoms with E-state index in [-0.39, 0.29) is 11.8 Å². The van der Waals surface area contributed by atoms with Crippen molar-refractivity contribution in [2.45, 2.75) is 13.3 Å². The van der Waals surface area contributed by atoms with Crippen LogP contribution in [0.15, 0.2) is 36.4 Å². The van der Waals surface area contributed by atoms with Crippen molar-refractivity contribution in [1.82, 2.24) is 15.1 Å². The number of fused-ring (bicyclic) bond motifs is 1. The molecule has 2 heterocycles. The van der Waals surface area contributed by atoms with Crippen molar-refractivity contribution < 1.29 is 14.3 Å². The molecular weight excluding hydrogens is 461 g/mol. The number of likely N-dealkylation sites (tertiary alicyclic amines) is 2. The maximum absolute atomic E-state index is 13.0. The van der Waals surface area contributed by atoms with E-state index in [1.807, 2.05) is 17.9 Å². The number of nitrogens with zero attached hydrogens (tertiary/aromatic N) is 2. The Morgan fingerprint density at radius 3 is 2.45 bits per heavy atom. The van der Waals surface area contributed by atoms with Crippen LogP contribution in [0.4, 0.5) is 0 Å².